The van der Waals surface area contributed by atoms with Gasteiger partial charge in [0, 0.05) is 11.4 Å². The molecule has 21 heavy (non-hydrogen) atoms. The maximum absolute atomic E-state index is 11.8. The summed E-state index contributed by atoms with van der Waals surface area (Å²) in [5.74, 6) is 1.30. The minimum absolute atomic E-state index is 0.108. The van der Waals surface area contributed by atoms with Gasteiger partial charge in [-0.2, -0.15) is 0 Å². The van der Waals surface area contributed by atoms with Gasteiger partial charge in [-0.05, 0) is 44.2 Å². The summed E-state index contributed by atoms with van der Waals surface area (Å²) in [6, 6.07) is 8.84. The molecule has 0 unspecified atom stereocenters. The van der Waals surface area contributed by atoms with Gasteiger partial charge >= 0.3 is 0 Å². The quantitative estimate of drug-likeness (QED) is 0.911. The van der Waals surface area contributed by atoms with Crippen LogP contribution in [0.25, 0.3) is 0 Å². The minimum Gasteiger partial charge on any atom is -0.497 e. The van der Waals surface area contributed by atoms with E-state index in [4.69, 9.17) is 9.47 Å². The van der Waals surface area contributed by atoms with Crippen LogP contribution in [0.4, 0.5) is 5.95 Å². The minimum atomic E-state index is -0.309. The summed E-state index contributed by atoms with van der Waals surface area (Å²) in [6.07, 6.45) is 0. The van der Waals surface area contributed by atoms with Crippen LogP contribution >= 0.6 is 0 Å². The van der Waals surface area contributed by atoms with Gasteiger partial charge in [-0.1, -0.05) is 0 Å². The van der Waals surface area contributed by atoms with Crippen LogP contribution in [0.5, 0.6) is 11.5 Å². The van der Waals surface area contributed by atoms with Crippen LogP contribution in [0, 0.1) is 13.8 Å². The molecular formula is C15H17N3O3. The van der Waals surface area contributed by atoms with Crippen LogP contribution in [0.1, 0.15) is 11.4 Å². The second-order valence-corrected chi connectivity index (χ2v) is 4.49. The molecule has 0 fully saturated rings. The van der Waals surface area contributed by atoms with E-state index >= 15 is 0 Å². The molecule has 6 heteroatoms. The Labute approximate surface area is 123 Å². The van der Waals surface area contributed by atoms with Crippen LogP contribution in [-0.2, 0) is 4.79 Å². The highest BCUT2D eigenvalue weighted by Crippen LogP contribution is 2.16. The lowest BCUT2D eigenvalue weighted by Crippen LogP contribution is -2.21. The third-order valence-corrected chi connectivity index (χ3v) is 2.66. The number of amides is 1. The number of carbonyl (C=O) groups excluding carboxylic acids is 1. The highest BCUT2D eigenvalue weighted by Gasteiger charge is 2.07. The van der Waals surface area contributed by atoms with Crippen LogP contribution in [-0.4, -0.2) is 29.6 Å². The number of nitrogens with one attached hydrogen (secondary N) is 1. The molecule has 2 rings (SSSR count). The smallest absolute Gasteiger partial charge is 0.264 e. The molecule has 1 aromatic carbocycles. The van der Waals surface area contributed by atoms with Crippen LogP contribution in [0.15, 0.2) is 30.3 Å². The van der Waals surface area contributed by atoms with Crippen molar-refractivity contribution in [1.29, 1.82) is 0 Å². The zero-order valence-corrected chi connectivity index (χ0v) is 12.2. The number of methoxy groups -OCH3 is 1. The summed E-state index contributed by atoms with van der Waals surface area (Å²) in [4.78, 5) is 20.1. The summed E-state index contributed by atoms with van der Waals surface area (Å²) in [5, 5.41) is 2.61. The second kappa shape index (κ2) is 6.69. The number of hydrogen-bond acceptors (Lipinski definition) is 5. The first kappa shape index (κ1) is 14.8. The van der Waals surface area contributed by atoms with Crippen molar-refractivity contribution in [2.45, 2.75) is 13.8 Å². The predicted octanol–water partition coefficient (Wildman–Crippen LogP) is 2.12. The summed E-state index contributed by atoms with van der Waals surface area (Å²) in [6.45, 7) is 3.58. The Bertz CT molecular complexity index is 606. The Balaban J connectivity index is 1.89. The lowest BCUT2D eigenvalue weighted by Gasteiger charge is -2.08. The van der Waals surface area contributed by atoms with E-state index in [0.29, 0.717) is 5.75 Å². The van der Waals surface area contributed by atoms with Gasteiger partial charge in [-0.15, -0.1) is 0 Å². The molecule has 1 N–H and O–H groups in total. The number of aromatic nitrogens is 2. The fourth-order valence-corrected chi connectivity index (χ4v) is 1.76. The molecule has 110 valence electrons. The van der Waals surface area contributed by atoms with Crippen molar-refractivity contribution in [1.82, 2.24) is 9.97 Å². The van der Waals surface area contributed by atoms with Gasteiger partial charge in [0.25, 0.3) is 5.91 Å². The number of nitrogens with zero attached hydrogens (tertiary/aromatic N) is 2. The molecule has 2 aromatic rings. The lowest BCUT2D eigenvalue weighted by atomic mass is 10.3. The molecular weight excluding hydrogens is 270 g/mol. The molecule has 0 saturated carbocycles. The van der Waals surface area contributed by atoms with Crippen LogP contribution in [0.2, 0.25) is 0 Å². The summed E-state index contributed by atoms with van der Waals surface area (Å²) in [5.41, 5.74) is 1.60. The molecule has 0 bridgehead atoms. The molecule has 0 atom stereocenters. The van der Waals surface area contributed by atoms with Crippen molar-refractivity contribution in [3.63, 3.8) is 0 Å². The molecule has 0 spiro atoms. The Hall–Kier alpha value is -2.63. The largest absolute Gasteiger partial charge is 0.497 e. The molecule has 6 nitrogen and oxygen atoms in total. The van der Waals surface area contributed by atoms with Crippen molar-refractivity contribution in [2.24, 2.45) is 0 Å². The number of anilines is 1. The number of hydrogen-bond donors (Lipinski definition) is 1. The van der Waals surface area contributed by atoms with E-state index < -0.39 is 0 Å². The molecule has 0 radical (unpaired) electrons. The molecule has 0 aliphatic heterocycles. The highest BCUT2D eigenvalue weighted by atomic mass is 16.5. The number of rotatable bonds is 5. The van der Waals surface area contributed by atoms with Crippen molar-refractivity contribution in [3.8, 4) is 11.5 Å². The van der Waals surface area contributed by atoms with E-state index in [9.17, 15) is 4.79 Å². The first-order chi connectivity index (χ1) is 10.1. The van der Waals surface area contributed by atoms with Crippen molar-refractivity contribution in [2.75, 3.05) is 19.0 Å². The van der Waals surface area contributed by atoms with Crippen LogP contribution < -0.4 is 14.8 Å². The zero-order chi connectivity index (χ0) is 15.2. The molecule has 1 amide bonds. The average molecular weight is 287 g/mol. The molecule has 0 aliphatic carbocycles. The maximum Gasteiger partial charge on any atom is 0.264 e. The Morgan fingerprint density at radius 1 is 1.10 bits per heavy atom. The third kappa shape index (κ3) is 4.45. The van der Waals surface area contributed by atoms with Crippen LogP contribution in [0.3, 0.4) is 0 Å². The lowest BCUT2D eigenvalue weighted by molar-refractivity contribution is -0.118. The van der Waals surface area contributed by atoms with Gasteiger partial charge in [0.05, 0.1) is 7.11 Å². The molecule has 1 aromatic heterocycles. The molecule has 0 aliphatic rings. The summed E-state index contributed by atoms with van der Waals surface area (Å²) < 4.78 is 10.4. The number of aryl methyl sites for hydroxylation is 2. The fourth-order valence-electron chi connectivity index (χ4n) is 1.76. The summed E-state index contributed by atoms with van der Waals surface area (Å²) in [7, 11) is 1.59. The Morgan fingerprint density at radius 3 is 2.24 bits per heavy atom. The number of carbonyl (C=O) groups is 1. The average Bonchev–Trinajstić information content (AvgIpc) is 2.44. The van der Waals surface area contributed by atoms with Gasteiger partial charge < -0.3 is 9.47 Å². The van der Waals surface area contributed by atoms with Gasteiger partial charge in [0.1, 0.15) is 11.5 Å². The fraction of sp³-hybridized carbons (Fsp3) is 0.267. The number of ether oxygens (including phenoxy) is 2. The van der Waals surface area contributed by atoms with Gasteiger partial charge in [-0.25, -0.2) is 9.97 Å². The Morgan fingerprint density at radius 2 is 1.67 bits per heavy atom. The second-order valence-electron chi connectivity index (χ2n) is 4.49. The van der Waals surface area contributed by atoms with E-state index in [2.05, 4.69) is 15.3 Å². The summed E-state index contributed by atoms with van der Waals surface area (Å²) >= 11 is 0. The van der Waals surface area contributed by atoms with E-state index in [0.717, 1.165) is 17.1 Å². The maximum atomic E-state index is 11.8. The molecule has 1 heterocycles. The van der Waals surface area contributed by atoms with Crippen molar-refractivity contribution >= 4 is 11.9 Å². The van der Waals surface area contributed by atoms with Crippen molar-refractivity contribution in [3.05, 3.63) is 41.7 Å². The van der Waals surface area contributed by atoms with Gasteiger partial charge in [0.15, 0.2) is 6.61 Å². The Kier molecular flexibility index (Phi) is 4.71. The van der Waals surface area contributed by atoms with Gasteiger partial charge in [-0.3, -0.25) is 10.1 Å². The van der Waals surface area contributed by atoms with E-state index in [1.54, 1.807) is 31.4 Å². The van der Waals surface area contributed by atoms with E-state index in [1.807, 2.05) is 19.9 Å². The van der Waals surface area contributed by atoms with Crippen molar-refractivity contribution < 1.29 is 14.3 Å². The normalized spacial score (nSPS) is 10.0. The topological polar surface area (TPSA) is 73.3 Å². The third-order valence-electron chi connectivity index (χ3n) is 2.66. The standard InChI is InChI=1S/C15H17N3O3/c1-10-8-11(2)17-15(16-10)18-14(19)9-21-13-6-4-12(20-3)5-7-13/h4-8H,9H2,1-3H3,(H,16,17,18,19). The predicted molar refractivity (Wildman–Crippen MR) is 78.6 cm³/mol. The number of benzene rings is 1. The monoisotopic (exact) mass is 287 g/mol. The zero-order valence-electron chi connectivity index (χ0n) is 12.2. The van der Waals surface area contributed by atoms with E-state index in [-0.39, 0.29) is 18.5 Å². The first-order valence-electron chi connectivity index (χ1n) is 6.46. The molecule has 0 saturated heterocycles. The SMILES string of the molecule is COc1ccc(OCC(=O)Nc2nc(C)cc(C)n2)cc1. The highest BCUT2D eigenvalue weighted by molar-refractivity contribution is 5.90. The van der Waals surface area contributed by atoms with E-state index in [1.165, 1.54) is 0 Å². The first-order valence-corrected chi connectivity index (χ1v) is 6.46. The van der Waals surface area contributed by atoms with Gasteiger partial charge in [0.2, 0.25) is 5.95 Å².